The van der Waals surface area contributed by atoms with Crippen molar-refractivity contribution in [1.82, 2.24) is 0 Å². The van der Waals surface area contributed by atoms with Gasteiger partial charge in [0.25, 0.3) is 0 Å². The number of aliphatic hydroxyl groups excluding tert-OH is 1. The maximum Gasteiger partial charge on any atom is 0.328 e. The van der Waals surface area contributed by atoms with Gasteiger partial charge in [0.05, 0.1) is 6.10 Å². The first kappa shape index (κ1) is 14.7. The molecule has 1 aliphatic carbocycles. The van der Waals surface area contributed by atoms with Crippen molar-refractivity contribution in [2.45, 2.75) is 39.7 Å². The summed E-state index contributed by atoms with van der Waals surface area (Å²) in [4.78, 5) is 10.5. The van der Waals surface area contributed by atoms with E-state index in [4.69, 9.17) is 5.11 Å². The number of carbonyl (C=O) groups is 1. The Hall–Kier alpha value is -1.35. The smallest absolute Gasteiger partial charge is 0.328 e. The normalized spacial score (nSPS) is 28.7. The Bertz CT molecular complexity index is 402. The molecule has 0 bridgehead atoms. The van der Waals surface area contributed by atoms with Gasteiger partial charge in [-0.05, 0) is 30.8 Å². The maximum atomic E-state index is 10.5. The molecule has 0 spiro atoms. The highest BCUT2D eigenvalue weighted by atomic mass is 16.4. The summed E-state index contributed by atoms with van der Waals surface area (Å²) >= 11 is 0. The van der Waals surface area contributed by atoms with Crippen LogP contribution in [0.25, 0.3) is 0 Å². The van der Waals surface area contributed by atoms with Crippen LogP contribution in [-0.4, -0.2) is 22.3 Å². The highest BCUT2D eigenvalue weighted by molar-refractivity contribution is 5.81. The van der Waals surface area contributed by atoms with Crippen molar-refractivity contribution in [3.63, 3.8) is 0 Å². The molecule has 0 aliphatic heterocycles. The van der Waals surface area contributed by atoms with E-state index in [0.717, 1.165) is 12.0 Å². The van der Waals surface area contributed by atoms with Gasteiger partial charge in [-0.15, -0.1) is 0 Å². The molecule has 0 radical (unpaired) electrons. The molecule has 2 N–H and O–H groups in total. The zero-order valence-electron chi connectivity index (χ0n) is 11.3. The zero-order chi connectivity index (χ0) is 13.9. The lowest BCUT2D eigenvalue weighted by atomic mass is 9.65. The lowest BCUT2D eigenvalue weighted by molar-refractivity contribution is -0.131. The molecule has 1 rings (SSSR count). The standard InChI is InChI=1S/C15H22O3/c1-10(7-14(17)18)5-6-13-11(2)8-12(16)9-15(13,3)4/h5-7,12-13,16H,2,8-9H2,1,3-4H3,(H,17,18)/t12-,13-/m0/s1. The first-order valence-electron chi connectivity index (χ1n) is 6.17. The summed E-state index contributed by atoms with van der Waals surface area (Å²) in [6.45, 7) is 10.0. The first-order valence-corrected chi connectivity index (χ1v) is 6.17. The second kappa shape index (κ2) is 5.53. The number of aliphatic carboxylic acids is 1. The molecule has 1 saturated carbocycles. The number of hydrogen-bond acceptors (Lipinski definition) is 2. The number of allylic oxidation sites excluding steroid dienone is 3. The van der Waals surface area contributed by atoms with Crippen LogP contribution in [0.1, 0.15) is 33.6 Å². The third-order valence-corrected chi connectivity index (χ3v) is 3.44. The molecule has 1 aliphatic rings. The average Bonchev–Trinajstić information content (AvgIpc) is 2.12. The fraction of sp³-hybridized carbons (Fsp3) is 0.533. The van der Waals surface area contributed by atoms with Crippen molar-refractivity contribution in [3.8, 4) is 0 Å². The Morgan fingerprint density at radius 2 is 2.11 bits per heavy atom. The number of carboxylic acid groups (broad SMARTS) is 1. The summed E-state index contributed by atoms with van der Waals surface area (Å²) in [6.07, 6.45) is 6.06. The Morgan fingerprint density at radius 1 is 1.50 bits per heavy atom. The second-order valence-electron chi connectivity index (χ2n) is 5.77. The van der Waals surface area contributed by atoms with E-state index in [0.29, 0.717) is 12.0 Å². The van der Waals surface area contributed by atoms with Crippen LogP contribution in [0.2, 0.25) is 0 Å². The minimum Gasteiger partial charge on any atom is -0.478 e. The molecule has 0 aromatic heterocycles. The van der Waals surface area contributed by atoms with Gasteiger partial charge < -0.3 is 10.2 Å². The zero-order valence-corrected chi connectivity index (χ0v) is 11.3. The van der Waals surface area contributed by atoms with Gasteiger partial charge >= 0.3 is 5.97 Å². The number of hydrogen-bond donors (Lipinski definition) is 2. The van der Waals surface area contributed by atoms with E-state index in [1.54, 1.807) is 6.92 Å². The van der Waals surface area contributed by atoms with Gasteiger partial charge in [-0.3, -0.25) is 0 Å². The molecule has 1 fully saturated rings. The van der Waals surface area contributed by atoms with Crippen molar-refractivity contribution in [2.24, 2.45) is 11.3 Å². The van der Waals surface area contributed by atoms with Crippen LogP contribution in [0.3, 0.4) is 0 Å². The van der Waals surface area contributed by atoms with Crippen molar-refractivity contribution in [3.05, 3.63) is 36.0 Å². The van der Waals surface area contributed by atoms with Gasteiger partial charge in [-0.25, -0.2) is 4.79 Å². The predicted molar refractivity (Wildman–Crippen MR) is 72.2 cm³/mol. The van der Waals surface area contributed by atoms with Gasteiger partial charge in [-0.2, -0.15) is 0 Å². The van der Waals surface area contributed by atoms with Crippen molar-refractivity contribution < 1.29 is 15.0 Å². The number of carboxylic acids is 1. The summed E-state index contributed by atoms with van der Waals surface area (Å²) < 4.78 is 0. The summed E-state index contributed by atoms with van der Waals surface area (Å²) in [5.41, 5.74) is 1.67. The Morgan fingerprint density at radius 3 is 2.61 bits per heavy atom. The minimum absolute atomic E-state index is 0.0469. The highest BCUT2D eigenvalue weighted by Crippen LogP contribution is 2.43. The quantitative estimate of drug-likeness (QED) is 0.460. The van der Waals surface area contributed by atoms with E-state index >= 15 is 0 Å². The van der Waals surface area contributed by atoms with E-state index in [9.17, 15) is 9.90 Å². The Kier molecular flexibility index (Phi) is 4.52. The van der Waals surface area contributed by atoms with Gasteiger partial charge in [0, 0.05) is 12.0 Å². The molecule has 0 unspecified atom stereocenters. The van der Waals surface area contributed by atoms with E-state index in [1.807, 2.05) is 12.2 Å². The van der Waals surface area contributed by atoms with Gasteiger partial charge in [0.2, 0.25) is 0 Å². The average molecular weight is 250 g/mol. The lowest BCUT2D eigenvalue weighted by Crippen LogP contribution is -2.35. The molecule has 2 atom stereocenters. The SMILES string of the molecule is C=C1C[C@H](O)CC(C)(C)[C@H]1C=CC(C)=CC(=O)O. The van der Waals surface area contributed by atoms with Crippen molar-refractivity contribution >= 4 is 5.97 Å². The largest absolute Gasteiger partial charge is 0.478 e. The van der Waals surface area contributed by atoms with E-state index in [2.05, 4.69) is 20.4 Å². The molecule has 0 amide bonds. The van der Waals surface area contributed by atoms with Gasteiger partial charge in [-0.1, -0.05) is 38.2 Å². The third-order valence-electron chi connectivity index (χ3n) is 3.44. The first-order chi connectivity index (χ1) is 8.22. The van der Waals surface area contributed by atoms with Crippen LogP contribution in [0.15, 0.2) is 36.0 Å². The van der Waals surface area contributed by atoms with Crippen LogP contribution in [-0.2, 0) is 4.79 Å². The molecule has 0 heterocycles. The van der Waals surface area contributed by atoms with Gasteiger partial charge in [0.1, 0.15) is 0 Å². The molecule has 100 valence electrons. The molecule has 18 heavy (non-hydrogen) atoms. The minimum atomic E-state index is -0.936. The maximum absolute atomic E-state index is 10.5. The molecule has 3 nitrogen and oxygen atoms in total. The summed E-state index contributed by atoms with van der Waals surface area (Å²) in [6, 6.07) is 0. The number of rotatable bonds is 3. The molecular formula is C15H22O3. The number of aliphatic hydroxyl groups is 1. The van der Waals surface area contributed by atoms with Crippen LogP contribution in [0, 0.1) is 11.3 Å². The fourth-order valence-electron chi connectivity index (χ4n) is 2.68. The third kappa shape index (κ3) is 3.84. The van der Waals surface area contributed by atoms with E-state index < -0.39 is 5.97 Å². The lowest BCUT2D eigenvalue weighted by Gasteiger charge is -2.41. The highest BCUT2D eigenvalue weighted by Gasteiger charge is 2.36. The topological polar surface area (TPSA) is 57.5 Å². The van der Waals surface area contributed by atoms with Crippen LogP contribution in [0.5, 0.6) is 0 Å². The Balaban J connectivity index is 2.85. The fourth-order valence-corrected chi connectivity index (χ4v) is 2.68. The molecule has 0 aromatic rings. The summed E-state index contributed by atoms with van der Waals surface area (Å²) in [5.74, 6) is -0.757. The van der Waals surface area contributed by atoms with Crippen LogP contribution >= 0.6 is 0 Å². The molecule has 0 saturated heterocycles. The van der Waals surface area contributed by atoms with Crippen LogP contribution in [0.4, 0.5) is 0 Å². The predicted octanol–water partition coefficient (Wildman–Crippen LogP) is 2.93. The van der Waals surface area contributed by atoms with E-state index in [-0.39, 0.29) is 17.4 Å². The van der Waals surface area contributed by atoms with Crippen molar-refractivity contribution in [1.29, 1.82) is 0 Å². The van der Waals surface area contributed by atoms with E-state index in [1.165, 1.54) is 6.08 Å². The monoisotopic (exact) mass is 250 g/mol. The van der Waals surface area contributed by atoms with Crippen LogP contribution < -0.4 is 0 Å². The molecule has 0 aromatic carbocycles. The van der Waals surface area contributed by atoms with Gasteiger partial charge in [0.15, 0.2) is 0 Å². The van der Waals surface area contributed by atoms with Crippen molar-refractivity contribution in [2.75, 3.05) is 0 Å². The Labute approximate surface area is 109 Å². The molecule has 3 heteroatoms. The summed E-state index contributed by atoms with van der Waals surface area (Å²) in [7, 11) is 0. The second-order valence-corrected chi connectivity index (χ2v) is 5.77. The molecular weight excluding hydrogens is 228 g/mol. The summed E-state index contributed by atoms with van der Waals surface area (Å²) in [5, 5.41) is 18.4.